The third-order valence-electron chi connectivity index (χ3n) is 8.95. The SMILES string of the molecule is CC(=O)c1nn(CC(=O)N2[C@H](C(=O)Nc3nc(Br)c(F)cc3C)C[C@@]3(C)C[C@@H]23)c2cnc(-c3cnc(OC(=O)[C@@H](N)C(C)C)nc3)cc12. The highest BCUT2D eigenvalue weighted by molar-refractivity contribution is 9.10. The van der Waals surface area contributed by atoms with Crippen LogP contribution in [0.1, 0.15) is 56.6 Å². The number of anilines is 1. The number of likely N-dealkylation sites (tertiary alicyclic amines) is 1. The monoisotopic (exact) mass is 721 g/mol. The smallest absolute Gasteiger partial charge is 0.330 e. The first-order chi connectivity index (χ1) is 22.7. The number of ether oxygens (including phenoxy) is 1. The van der Waals surface area contributed by atoms with Gasteiger partial charge < -0.3 is 20.7 Å². The van der Waals surface area contributed by atoms with Gasteiger partial charge in [0.2, 0.25) is 11.8 Å². The molecule has 16 heteroatoms. The van der Waals surface area contributed by atoms with E-state index in [1.807, 2.05) is 6.92 Å². The van der Waals surface area contributed by atoms with Crippen molar-refractivity contribution in [3.63, 3.8) is 0 Å². The summed E-state index contributed by atoms with van der Waals surface area (Å²) in [6.45, 7) is 8.40. The molecule has 14 nitrogen and oxygen atoms in total. The molecule has 48 heavy (non-hydrogen) atoms. The standard InChI is InChI=1S/C32H33BrFN9O5/c1-14(2)25(35)30(47)48-31-37-10-17(11-38-31)20-7-18-22(12-36-20)42(41-26(18)16(4)44)13-24(45)43-21(8-32(5)9-23(32)43)29(46)40-28-15(3)6-19(34)27(33)39-28/h6-7,10-12,14,21,23,25H,8-9,13,35H2,1-5H3,(H,39,40,46)/t21-,23+,25-,32-/m0/s1. The van der Waals surface area contributed by atoms with Crippen LogP contribution >= 0.6 is 15.9 Å². The number of carbonyl (C=O) groups excluding carboxylic acids is 4. The number of nitrogens with two attached hydrogens (primary N) is 1. The number of ketones is 1. The van der Waals surface area contributed by atoms with Gasteiger partial charge in [-0.15, -0.1) is 0 Å². The van der Waals surface area contributed by atoms with E-state index in [1.165, 1.54) is 36.3 Å². The normalized spacial score (nSPS) is 20.5. The molecule has 1 aliphatic heterocycles. The van der Waals surface area contributed by atoms with Crippen LogP contribution in [-0.4, -0.2) is 76.3 Å². The maximum atomic E-state index is 13.9. The van der Waals surface area contributed by atoms with Gasteiger partial charge >= 0.3 is 12.0 Å². The number of aromatic nitrogens is 6. The van der Waals surface area contributed by atoms with Gasteiger partial charge in [-0.05, 0) is 64.7 Å². The van der Waals surface area contributed by atoms with Crippen LogP contribution in [0.15, 0.2) is 35.3 Å². The van der Waals surface area contributed by atoms with Crippen molar-refractivity contribution in [3.05, 3.63) is 52.4 Å². The molecular weight excluding hydrogens is 689 g/mol. The molecule has 0 radical (unpaired) electrons. The average molecular weight is 723 g/mol. The number of piperidine rings is 1. The number of carbonyl (C=O) groups is 4. The molecule has 1 aliphatic carbocycles. The molecule has 0 aromatic carbocycles. The van der Waals surface area contributed by atoms with E-state index >= 15 is 0 Å². The maximum Gasteiger partial charge on any atom is 0.330 e. The number of rotatable bonds is 9. The Labute approximate surface area is 282 Å². The molecule has 4 aromatic rings. The molecule has 2 amide bonds. The van der Waals surface area contributed by atoms with Crippen LogP contribution in [0.3, 0.4) is 0 Å². The molecule has 1 saturated heterocycles. The Morgan fingerprint density at radius 1 is 1.15 bits per heavy atom. The molecule has 0 bridgehead atoms. The summed E-state index contributed by atoms with van der Waals surface area (Å²) in [5.74, 6) is -2.19. The Balaban J connectivity index is 1.23. The van der Waals surface area contributed by atoms with Gasteiger partial charge in [-0.1, -0.05) is 20.8 Å². The van der Waals surface area contributed by atoms with Crippen molar-refractivity contribution in [2.24, 2.45) is 17.1 Å². The topological polar surface area (TPSA) is 188 Å². The first kappa shape index (κ1) is 33.2. The molecule has 3 N–H and O–H groups in total. The van der Waals surface area contributed by atoms with E-state index in [0.29, 0.717) is 34.1 Å². The van der Waals surface area contributed by atoms with Crippen molar-refractivity contribution in [2.75, 3.05) is 5.32 Å². The molecule has 4 aromatic heterocycles. The van der Waals surface area contributed by atoms with Crippen LogP contribution in [0.4, 0.5) is 10.2 Å². The van der Waals surface area contributed by atoms with Crippen LogP contribution in [0.25, 0.3) is 22.2 Å². The van der Waals surface area contributed by atoms with Crippen molar-refractivity contribution in [3.8, 4) is 17.3 Å². The first-order valence-electron chi connectivity index (χ1n) is 15.3. The lowest BCUT2D eigenvalue weighted by molar-refractivity contribution is -0.138. The van der Waals surface area contributed by atoms with Crippen LogP contribution in [-0.2, 0) is 20.9 Å². The molecule has 2 fully saturated rings. The minimum absolute atomic E-state index is 0.0292. The van der Waals surface area contributed by atoms with E-state index in [0.717, 1.165) is 6.42 Å². The number of halogens is 2. The summed E-state index contributed by atoms with van der Waals surface area (Å²) in [4.78, 5) is 70.5. The summed E-state index contributed by atoms with van der Waals surface area (Å²) in [6, 6.07) is 1.04. The fraction of sp³-hybridized carbons (Fsp3) is 0.406. The number of aryl methyl sites for hydroxylation is 1. The van der Waals surface area contributed by atoms with Gasteiger partial charge in [-0.25, -0.2) is 24.1 Å². The number of pyridine rings is 2. The second-order valence-electron chi connectivity index (χ2n) is 12.9. The zero-order chi connectivity index (χ0) is 34.7. The van der Waals surface area contributed by atoms with Crippen molar-refractivity contribution in [1.82, 2.24) is 34.6 Å². The van der Waals surface area contributed by atoms with E-state index < -0.39 is 29.8 Å². The van der Waals surface area contributed by atoms with Gasteiger partial charge in [0, 0.05) is 36.3 Å². The zero-order valence-electron chi connectivity index (χ0n) is 26.8. The second-order valence-corrected chi connectivity index (χ2v) is 13.7. The quantitative estimate of drug-likeness (QED) is 0.146. The molecule has 4 atom stereocenters. The number of amides is 2. The second kappa shape index (κ2) is 12.4. The summed E-state index contributed by atoms with van der Waals surface area (Å²) >= 11 is 3.05. The lowest BCUT2D eigenvalue weighted by atomic mass is 10.0. The Morgan fingerprint density at radius 3 is 2.52 bits per heavy atom. The van der Waals surface area contributed by atoms with E-state index in [-0.39, 0.29) is 57.7 Å². The van der Waals surface area contributed by atoms with Gasteiger partial charge in [0.1, 0.15) is 34.7 Å². The Morgan fingerprint density at radius 2 is 1.85 bits per heavy atom. The highest BCUT2D eigenvalue weighted by Crippen LogP contribution is 2.59. The Hall–Kier alpha value is -4.70. The lowest BCUT2D eigenvalue weighted by Gasteiger charge is -2.27. The minimum atomic E-state index is -0.821. The van der Waals surface area contributed by atoms with Crippen molar-refractivity contribution >= 4 is 56.2 Å². The number of Topliss-reactive ketones (excluding diaryl/α,β-unsaturated/α-hetero) is 1. The van der Waals surface area contributed by atoms with Crippen LogP contribution < -0.4 is 15.8 Å². The highest BCUT2D eigenvalue weighted by atomic mass is 79.9. The van der Waals surface area contributed by atoms with E-state index in [1.54, 1.807) is 31.7 Å². The number of esters is 1. The molecule has 5 heterocycles. The minimum Gasteiger partial charge on any atom is -0.390 e. The first-order valence-corrected chi connectivity index (χ1v) is 16.1. The molecule has 0 spiro atoms. The van der Waals surface area contributed by atoms with Gasteiger partial charge in [0.15, 0.2) is 11.6 Å². The highest BCUT2D eigenvalue weighted by Gasteiger charge is 2.64. The van der Waals surface area contributed by atoms with Crippen LogP contribution in [0, 0.1) is 24.1 Å². The third-order valence-corrected chi connectivity index (χ3v) is 9.51. The van der Waals surface area contributed by atoms with Crippen LogP contribution in [0.5, 0.6) is 6.01 Å². The van der Waals surface area contributed by atoms with Gasteiger partial charge in [0.05, 0.1) is 17.4 Å². The summed E-state index contributed by atoms with van der Waals surface area (Å²) in [5.41, 5.74) is 7.58. The van der Waals surface area contributed by atoms with Crippen molar-refractivity contribution in [1.29, 1.82) is 0 Å². The summed E-state index contributed by atoms with van der Waals surface area (Å²) in [7, 11) is 0. The predicted molar refractivity (Wildman–Crippen MR) is 174 cm³/mol. The van der Waals surface area contributed by atoms with Gasteiger partial charge in [-0.3, -0.25) is 24.0 Å². The number of hydrogen-bond donors (Lipinski definition) is 2. The number of nitrogens with zero attached hydrogens (tertiary/aromatic N) is 7. The molecule has 250 valence electrons. The molecular formula is C32H33BrFN9O5. The predicted octanol–water partition coefficient (Wildman–Crippen LogP) is 3.60. The fourth-order valence-electron chi connectivity index (χ4n) is 6.00. The summed E-state index contributed by atoms with van der Waals surface area (Å²) in [6.07, 6.45) is 5.59. The van der Waals surface area contributed by atoms with Crippen LogP contribution in [0.2, 0.25) is 0 Å². The molecule has 1 saturated carbocycles. The van der Waals surface area contributed by atoms with E-state index in [4.69, 9.17) is 10.5 Å². The summed E-state index contributed by atoms with van der Waals surface area (Å²) < 4.78 is 20.5. The lowest BCUT2D eigenvalue weighted by Crippen LogP contribution is -2.47. The number of fused-ring (bicyclic) bond motifs is 2. The Bertz CT molecular complexity index is 1980. The number of hydrogen-bond acceptors (Lipinski definition) is 11. The van der Waals surface area contributed by atoms with E-state index in [2.05, 4.69) is 46.3 Å². The molecule has 0 unspecified atom stereocenters. The average Bonchev–Trinajstić information content (AvgIpc) is 3.40. The third kappa shape index (κ3) is 6.17. The van der Waals surface area contributed by atoms with Crippen molar-refractivity contribution in [2.45, 2.75) is 72.1 Å². The molecule has 2 aliphatic rings. The van der Waals surface area contributed by atoms with Gasteiger partial charge in [-0.2, -0.15) is 5.10 Å². The van der Waals surface area contributed by atoms with Crippen molar-refractivity contribution < 1.29 is 28.3 Å². The largest absolute Gasteiger partial charge is 0.390 e. The maximum absolute atomic E-state index is 13.9. The Kier molecular flexibility index (Phi) is 8.57. The zero-order valence-corrected chi connectivity index (χ0v) is 28.4. The summed E-state index contributed by atoms with van der Waals surface area (Å²) in [5, 5.41) is 7.69. The number of nitrogens with one attached hydrogen (secondary N) is 1. The van der Waals surface area contributed by atoms with Gasteiger partial charge in [0.25, 0.3) is 0 Å². The fourth-order valence-corrected chi connectivity index (χ4v) is 6.29. The van der Waals surface area contributed by atoms with E-state index in [9.17, 15) is 23.6 Å². The molecule has 6 rings (SSSR count).